The van der Waals surface area contributed by atoms with E-state index in [1.54, 1.807) is 7.11 Å². The highest BCUT2D eigenvalue weighted by Gasteiger charge is 2.72. The van der Waals surface area contributed by atoms with Gasteiger partial charge in [0.05, 0.1) is 18.6 Å². The van der Waals surface area contributed by atoms with Crippen LogP contribution in [0.2, 0.25) is 0 Å². The van der Waals surface area contributed by atoms with Crippen molar-refractivity contribution >= 4 is 6.09 Å². The molecule has 27 heavy (non-hydrogen) atoms. The zero-order valence-electron chi connectivity index (χ0n) is 17.0. The van der Waals surface area contributed by atoms with E-state index < -0.39 is 6.09 Å². The Morgan fingerprint density at radius 3 is 2.74 bits per heavy atom. The van der Waals surface area contributed by atoms with Crippen molar-refractivity contribution in [3.8, 4) is 0 Å². The first-order valence-corrected chi connectivity index (χ1v) is 9.99. The van der Waals surface area contributed by atoms with Crippen LogP contribution in [-0.4, -0.2) is 62.4 Å². The number of nitrogens with one attached hydrogen (secondary N) is 1. The van der Waals surface area contributed by atoms with Gasteiger partial charge in [-0.25, -0.2) is 4.79 Å². The molecule has 3 rings (SSSR count). The second-order valence-corrected chi connectivity index (χ2v) is 8.39. The first-order chi connectivity index (χ1) is 12.9. The fraction of sp³-hybridized carbons (Fsp3) is 0.850. The maximum atomic E-state index is 12.1. The molecule has 1 amide bonds. The summed E-state index contributed by atoms with van der Waals surface area (Å²) in [6, 6.07) is 0. The minimum Gasteiger partial charge on any atom is -0.443 e. The van der Waals surface area contributed by atoms with Crippen LogP contribution in [-0.2, 0) is 18.9 Å². The van der Waals surface area contributed by atoms with E-state index in [9.17, 15) is 4.79 Å². The van der Waals surface area contributed by atoms with Gasteiger partial charge < -0.3 is 30.0 Å². The average Bonchev–Trinajstić information content (AvgIpc) is 3.53. The smallest absolute Gasteiger partial charge is 0.407 e. The minimum atomic E-state index is -0.412. The van der Waals surface area contributed by atoms with Gasteiger partial charge in [0.25, 0.3) is 0 Å². The van der Waals surface area contributed by atoms with Gasteiger partial charge in [-0.1, -0.05) is 11.6 Å². The van der Waals surface area contributed by atoms with E-state index in [0.29, 0.717) is 13.1 Å². The second kappa shape index (κ2) is 8.07. The first-order valence-electron chi connectivity index (χ1n) is 9.99. The van der Waals surface area contributed by atoms with Crippen LogP contribution < -0.4 is 11.1 Å². The maximum Gasteiger partial charge on any atom is 0.407 e. The van der Waals surface area contributed by atoms with E-state index in [4.69, 9.17) is 24.7 Å². The van der Waals surface area contributed by atoms with Crippen LogP contribution >= 0.6 is 0 Å². The molecule has 3 aliphatic rings. The SMILES string of the molecule is COC1C(OC(=O)NCCCN)CC[C@]2(CO2)C1C1(C)O[C@@H]1CC=C(C)C. The number of carbonyl (C=O) groups excluding carboxylic acids is 1. The number of epoxide rings is 2. The largest absolute Gasteiger partial charge is 0.443 e. The van der Waals surface area contributed by atoms with Crippen LogP contribution in [0.3, 0.4) is 0 Å². The minimum absolute atomic E-state index is 0.0427. The van der Waals surface area contributed by atoms with Gasteiger partial charge >= 0.3 is 6.09 Å². The molecule has 3 fully saturated rings. The zero-order chi connectivity index (χ0) is 19.7. The van der Waals surface area contributed by atoms with Gasteiger partial charge in [0, 0.05) is 13.7 Å². The van der Waals surface area contributed by atoms with Crippen LogP contribution in [0.15, 0.2) is 11.6 Å². The molecule has 2 aliphatic heterocycles. The van der Waals surface area contributed by atoms with Crippen molar-refractivity contribution < 1.29 is 23.7 Å². The third-order valence-electron chi connectivity index (χ3n) is 6.15. The number of alkyl carbamates (subject to hydrolysis) is 1. The molecule has 0 aromatic carbocycles. The molecule has 2 saturated heterocycles. The number of hydrogen-bond donors (Lipinski definition) is 2. The molecule has 7 nitrogen and oxygen atoms in total. The molecule has 2 heterocycles. The first kappa shape index (κ1) is 20.6. The Hall–Kier alpha value is -1.15. The lowest BCUT2D eigenvalue weighted by Gasteiger charge is -2.42. The highest BCUT2D eigenvalue weighted by Crippen LogP contribution is 2.59. The molecule has 4 unspecified atom stereocenters. The highest BCUT2D eigenvalue weighted by atomic mass is 16.6. The van der Waals surface area contributed by atoms with E-state index in [-0.39, 0.29) is 35.4 Å². The summed E-state index contributed by atoms with van der Waals surface area (Å²) in [4.78, 5) is 12.1. The van der Waals surface area contributed by atoms with E-state index in [2.05, 4.69) is 32.2 Å². The number of hydrogen-bond acceptors (Lipinski definition) is 6. The van der Waals surface area contributed by atoms with Crippen molar-refractivity contribution in [1.29, 1.82) is 0 Å². The molecule has 0 bridgehead atoms. The topological polar surface area (TPSA) is 98.6 Å². The van der Waals surface area contributed by atoms with E-state index in [1.807, 2.05) is 0 Å². The molecule has 6 atom stereocenters. The Labute approximate surface area is 161 Å². The summed E-state index contributed by atoms with van der Waals surface area (Å²) >= 11 is 0. The number of carbonyl (C=O) groups is 1. The fourth-order valence-corrected chi connectivity index (χ4v) is 4.54. The van der Waals surface area contributed by atoms with Crippen molar-refractivity contribution in [1.82, 2.24) is 5.32 Å². The van der Waals surface area contributed by atoms with Gasteiger partial charge in [-0.15, -0.1) is 0 Å². The molecule has 0 radical (unpaired) electrons. The molecule has 1 aliphatic carbocycles. The molecule has 154 valence electrons. The number of ether oxygens (including phenoxy) is 4. The lowest BCUT2D eigenvalue weighted by molar-refractivity contribution is -0.118. The van der Waals surface area contributed by atoms with Crippen LogP contribution in [0.25, 0.3) is 0 Å². The van der Waals surface area contributed by atoms with Crippen LogP contribution in [0, 0.1) is 5.92 Å². The molecular weight excluding hydrogens is 348 g/mol. The van der Waals surface area contributed by atoms with Crippen LogP contribution in [0.1, 0.15) is 46.5 Å². The van der Waals surface area contributed by atoms with E-state index >= 15 is 0 Å². The summed E-state index contributed by atoms with van der Waals surface area (Å²) in [7, 11) is 1.68. The van der Waals surface area contributed by atoms with Crippen molar-refractivity contribution in [2.45, 2.75) is 76.0 Å². The molecule has 0 aromatic rings. The Balaban J connectivity index is 1.68. The summed E-state index contributed by atoms with van der Waals surface area (Å²) in [6.45, 7) is 8.10. The fourth-order valence-electron chi connectivity index (χ4n) is 4.54. The number of rotatable bonds is 8. The molecule has 1 saturated carbocycles. The van der Waals surface area contributed by atoms with Gasteiger partial charge in [0.2, 0.25) is 0 Å². The van der Waals surface area contributed by atoms with Crippen LogP contribution in [0.5, 0.6) is 0 Å². The molecule has 1 spiro atoms. The maximum absolute atomic E-state index is 12.1. The standard InChI is InChI=1S/C20H34N2O5/c1-13(2)6-7-15-19(3,27-15)17-16(24-4)14(8-9-20(17)12-25-20)26-18(23)22-11-5-10-21/h6,14-17H,5,7-12,21H2,1-4H3,(H,22,23)/t14?,15-,16?,17?,19?,20+/m1/s1. The van der Waals surface area contributed by atoms with Crippen molar-refractivity contribution in [2.24, 2.45) is 11.7 Å². The molecular formula is C20H34N2O5. The Morgan fingerprint density at radius 2 is 2.15 bits per heavy atom. The number of amides is 1. The summed E-state index contributed by atoms with van der Waals surface area (Å²) in [6.07, 6.45) is 4.58. The monoisotopic (exact) mass is 382 g/mol. The van der Waals surface area contributed by atoms with Crippen molar-refractivity contribution in [3.05, 3.63) is 11.6 Å². The van der Waals surface area contributed by atoms with Gasteiger partial charge in [-0.05, 0) is 53.0 Å². The molecule has 3 N–H and O–H groups in total. The third kappa shape index (κ3) is 4.31. The summed E-state index contributed by atoms with van der Waals surface area (Å²) in [5.74, 6) is 0.0427. The average molecular weight is 383 g/mol. The van der Waals surface area contributed by atoms with E-state index in [0.717, 1.165) is 32.3 Å². The van der Waals surface area contributed by atoms with Gasteiger partial charge in [0.15, 0.2) is 0 Å². The van der Waals surface area contributed by atoms with Gasteiger partial charge in [0.1, 0.15) is 23.4 Å². The van der Waals surface area contributed by atoms with Crippen molar-refractivity contribution in [2.75, 3.05) is 26.8 Å². The number of nitrogens with two attached hydrogens (primary N) is 1. The lowest BCUT2D eigenvalue weighted by Crippen LogP contribution is -2.56. The third-order valence-corrected chi connectivity index (χ3v) is 6.15. The van der Waals surface area contributed by atoms with Crippen LogP contribution in [0.4, 0.5) is 4.79 Å². The van der Waals surface area contributed by atoms with Gasteiger partial charge in [-0.2, -0.15) is 0 Å². The second-order valence-electron chi connectivity index (χ2n) is 8.39. The molecule has 0 aromatic heterocycles. The Morgan fingerprint density at radius 1 is 1.41 bits per heavy atom. The quantitative estimate of drug-likeness (QED) is 0.379. The summed E-state index contributed by atoms with van der Waals surface area (Å²) < 4.78 is 23.6. The number of methoxy groups -OCH3 is 1. The van der Waals surface area contributed by atoms with E-state index in [1.165, 1.54) is 5.57 Å². The summed E-state index contributed by atoms with van der Waals surface area (Å²) in [5.41, 5.74) is 6.23. The molecule has 7 heteroatoms. The highest BCUT2D eigenvalue weighted by molar-refractivity contribution is 5.67. The Kier molecular flexibility index (Phi) is 6.15. The summed E-state index contributed by atoms with van der Waals surface area (Å²) in [5, 5.41) is 2.76. The van der Waals surface area contributed by atoms with Crippen molar-refractivity contribution in [3.63, 3.8) is 0 Å². The predicted molar refractivity (Wildman–Crippen MR) is 101 cm³/mol. The zero-order valence-corrected chi connectivity index (χ0v) is 17.0. The van der Waals surface area contributed by atoms with Gasteiger partial charge in [-0.3, -0.25) is 0 Å². The lowest BCUT2D eigenvalue weighted by atomic mass is 9.68. The Bertz CT molecular complexity index is 573. The normalized spacial score (nSPS) is 39.7. The number of allylic oxidation sites excluding steroid dienone is 1. The predicted octanol–water partition coefficient (Wildman–Crippen LogP) is 2.14.